The Morgan fingerprint density at radius 2 is 1.81 bits per heavy atom. The largest absolute Gasteiger partial charge is 0.353 e. The summed E-state index contributed by atoms with van der Waals surface area (Å²) in [5.41, 5.74) is 3.28. The van der Waals surface area contributed by atoms with Crippen molar-refractivity contribution in [3.05, 3.63) is 71.7 Å². The fourth-order valence-electron chi connectivity index (χ4n) is 2.66. The van der Waals surface area contributed by atoms with Crippen LogP contribution in [0, 0.1) is 5.82 Å². The Bertz CT molecular complexity index is 849. The van der Waals surface area contributed by atoms with Gasteiger partial charge in [0.2, 0.25) is 5.95 Å². The van der Waals surface area contributed by atoms with Crippen molar-refractivity contribution in [3.63, 3.8) is 0 Å². The summed E-state index contributed by atoms with van der Waals surface area (Å²) in [5.74, 6) is 1.27. The number of nitrogens with one attached hydrogen (secondary N) is 2. The third-order valence-corrected chi connectivity index (χ3v) is 4.01. The smallest absolute Gasteiger partial charge is 0.244 e. The van der Waals surface area contributed by atoms with E-state index in [4.69, 9.17) is 0 Å². The molecule has 0 fully saturated rings. The van der Waals surface area contributed by atoms with E-state index in [1.165, 1.54) is 17.7 Å². The average Bonchev–Trinajstić information content (AvgIpc) is 2.64. The lowest BCUT2D eigenvalue weighted by Gasteiger charge is -2.14. The Morgan fingerprint density at radius 3 is 2.58 bits per heavy atom. The van der Waals surface area contributed by atoms with Gasteiger partial charge in [0.15, 0.2) is 5.82 Å². The Balaban J connectivity index is 1.62. The Kier molecular flexibility index (Phi) is 5.73. The molecule has 6 heteroatoms. The van der Waals surface area contributed by atoms with E-state index in [-0.39, 0.29) is 5.82 Å². The van der Waals surface area contributed by atoms with Crippen LogP contribution in [0.2, 0.25) is 0 Å². The first kappa shape index (κ1) is 17.8. The average molecular weight is 351 g/mol. The van der Waals surface area contributed by atoms with Crippen molar-refractivity contribution < 1.29 is 4.39 Å². The second kappa shape index (κ2) is 8.38. The van der Waals surface area contributed by atoms with E-state index in [0.29, 0.717) is 24.2 Å². The number of anilines is 3. The van der Waals surface area contributed by atoms with Gasteiger partial charge in [-0.1, -0.05) is 44.2 Å². The number of para-hydroxylation sites is 1. The number of rotatable bonds is 7. The summed E-state index contributed by atoms with van der Waals surface area (Å²) in [6.07, 6.45) is 2.35. The highest BCUT2D eigenvalue weighted by Gasteiger charge is 2.07. The second-order valence-corrected chi connectivity index (χ2v) is 6.34. The van der Waals surface area contributed by atoms with Gasteiger partial charge in [-0.2, -0.15) is 10.1 Å². The molecule has 0 aliphatic carbocycles. The second-order valence-electron chi connectivity index (χ2n) is 6.34. The molecule has 3 rings (SSSR count). The first-order valence-electron chi connectivity index (χ1n) is 8.66. The summed E-state index contributed by atoms with van der Waals surface area (Å²) in [4.78, 5) is 4.46. The molecule has 0 aliphatic rings. The van der Waals surface area contributed by atoms with Gasteiger partial charge in [-0.15, -0.1) is 5.10 Å². The molecule has 0 aliphatic heterocycles. The van der Waals surface area contributed by atoms with Gasteiger partial charge in [0.05, 0.1) is 6.20 Å². The summed E-state index contributed by atoms with van der Waals surface area (Å²) in [6, 6.07) is 14.6. The van der Waals surface area contributed by atoms with Gasteiger partial charge in [0.25, 0.3) is 0 Å². The number of halogens is 1. The van der Waals surface area contributed by atoms with Crippen molar-refractivity contribution in [2.24, 2.45) is 0 Å². The van der Waals surface area contributed by atoms with E-state index < -0.39 is 0 Å². The molecular formula is C20H22FN5. The molecule has 3 aromatic rings. The third kappa shape index (κ3) is 4.75. The van der Waals surface area contributed by atoms with Crippen LogP contribution in [0.3, 0.4) is 0 Å². The fraction of sp³-hybridized carbons (Fsp3) is 0.250. The standard InChI is InChI=1S/C20H22FN5/c1-14(2)17-5-3-4-6-18(17)24-19-13-23-26-20(25-19)22-12-11-15-7-9-16(21)10-8-15/h3-10,13-14H,11-12H2,1-2H3,(H2,22,24,25,26). The number of aromatic nitrogens is 3. The molecule has 0 saturated heterocycles. The van der Waals surface area contributed by atoms with Gasteiger partial charge in [-0.05, 0) is 41.7 Å². The molecule has 26 heavy (non-hydrogen) atoms. The Morgan fingerprint density at radius 1 is 1.04 bits per heavy atom. The van der Waals surface area contributed by atoms with Crippen LogP contribution in [0.1, 0.15) is 30.9 Å². The number of nitrogens with zero attached hydrogens (tertiary/aromatic N) is 3. The van der Waals surface area contributed by atoms with Crippen LogP contribution in [0.5, 0.6) is 0 Å². The lowest BCUT2D eigenvalue weighted by Crippen LogP contribution is -2.10. The molecule has 0 amide bonds. The minimum absolute atomic E-state index is 0.227. The van der Waals surface area contributed by atoms with Crippen LogP contribution < -0.4 is 10.6 Å². The molecule has 5 nitrogen and oxygen atoms in total. The number of benzene rings is 2. The molecule has 2 N–H and O–H groups in total. The van der Waals surface area contributed by atoms with Crippen LogP contribution in [-0.4, -0.2) is 21.7 Å². The third-order valence-electron chi connectivity index (χ3n) is 4.01. The predicted molar refractivity (Wildman–Crippen MR) is 102 cm³/mol. The van der Waals surface area contributed by atoms with E-state index in [1.807, 2.05) is 18.2 Å². The normalized spacial score (nSPS) is 10.8. The molecular weight excluding hydrogens is 329 g/mol. The summed E-state index contributed by atoms with van der Waals surface area (Å²) < 4.78 is 12.9. The maximum atomic E-state index is 12.9. The van der Waals surface area contributed by atoms with Crippen molar-refractivity contribution in [2.75, 3.05) is 17.2 Å². The maximum Gasteiger partial charge on any atom is 0.244 e. The molecule has 2 aromatic carbocycles. The topological polar surface area (TPSA) is 62.7 Å². The first-order chi connectivity index (χ1) is 12.6. The van der Waals surface area contributed by atoms with E-state index >= 15 is 0 Å². The molecule has 1 heterocycles. The molecule has 0 bridgehead atoms. The first-order valence-corrected chi connectivity index (χ1v) is 8.66. The van der Waals surface area contributed by atoms with Gasteiger partial charge < -0.3 is 10.6 Å². The van der Waals surface area contributed by atoms with Crippen molar-refractivity contribution in [1.29, 1.82) is 0 Å². The van der Waals surface area contributed by atoms with Crippen LogP contribution >= 0.6 is 0 Å². The van der Waals surface area contributed by atoms with Crippen molar-refractivity contribution in [3.8, 4) is 0 Å². The van der Waals surface area contributed by atoms with Gasteiger partial charge in [-0.25, -0.2) is 4.39 Å². The van der Waals surface area contributed by atoms with E-state index in [1.54, 1.807) is 18.3 Å². The highest BCUT2D eigenvalue weighted by atomic mass is 19.1. The van der Waals surface area contributed by atoms with E-state index in [2.05, 4.69) is 45.7 Å². The zero-order valence-corrected chi connectivity index (χ0v) is 14.9. The lowest BCUT2D eigenvalue weighted by atomic mass is 10.0. The summed E-state index contributed by atoms with van der Waals surface area (Å²) in [5, 5.41) is 14.5. The predicted octanol–water partition coefficient (Wildman–Crippen LogP) is 4.53. The molecule has 0 atom stereocenters. The van der Waals surface area contributed by atoms with Crippen molar-refractivity contribution in [1.82, 2.24) is 15.2 Å². The Labute approximate surface area is 152 Å². The Hall–Kier alpha value is -3.02. The maximum absolute atomic E-state index is 12.9. The molecule has 0 spiro atoms. The van der Waals surface area contributed by atoms with E-state index in [9.17, 15) is 4.39 Å². The summed E-state index contributed by atoms with van der Waals surface area (Å²) in [6.45, 7) is 4.95. The molecule has 0 saturated carbocycles. The summed E-state index contributed by atoms with van der Waals surface area (Å²) >= 11 is 0. The highest BCUT2D eigenvalue weighted by molar-refractivity contribution is 5.61. The van der Waals surface area contributed by atoms with Crippen LogP contribution in [0.4, 0.5) is 21.8 Å². The number of hydrogen-bond donors (Lipinski definition) is 2. The minimum atomic E-state index is -0.227. The van der Waals surface area contributed by atoms with Crippen LogP contribution in [0.25, 0.3) is 0 Å². The van der Waals surface area contributed by atoms with Crippen LogP contribution in [-0.2, 0) is 6.42 Å². The quantitative estimate of drug-likeness (QED) is 0.655. The molecule has 134 valence electrons. The summed E-state index contributed by atoms with van der Waals surface area (Å²) in [7, 11) is 0. The van der Waals surface area contributed by atoms with Crippen LogP contribution in [0.15, 0.2) is 54.7 Å². The van der Waals surface area contributed by atoms with Gasteiger partial charge in [-0.3, -0.25) is 0 Å². The van der Waals surface area contributed by atoms with Crippen molar-refractivity contribution >= 4 is 17.5 Å². The van der Waals surface area contributed by atoms with Gasteiger partial charge >= 0.3 is 0 Å². The molecule has 0 radical (unpaired) electrons. The van der Waals surface area contributed by atoms with Gasteiger partial charge in [0, 0.05) is 12.2 Å². The highest BCUT2D eigenvalue weighted by Crippen LogP contribution is 2.26. The monoisotopic (exact) mass is 351 g/mol. The zero-order valence-electron chi connectivity index (χ0n) is 14.9. The fourth-order valence-corrected chi connectivity index (χ4v) is 2.66. The number of hydrogen-bond acceptors (Lipinski definition) is 5. The lowest BCUT2D eigenvalue weighted by molar-refractivity contribution is 0.627. The van der Waals surface area contributed by atoms with E-state index in [0.717, 1.165) is 17.7 Å². The SMILES string of the molecule is CC(C)c1ccccc1Nc1cnnc(NCCc2ccc(F)cc2)n1. The van der Waals surface area contributed by atoms with Gasteiger partial charge in [0.1, 0.15) is 5.82 Å². The minimum Gasteiger partial charge on any atom is -0.353 e. The van der Waals surface area contributed by atoms with Crippen molar-refractivity contribution in [2.45, 2.75) is 26.2 Å². The zero-order chi connectivity index (χ0) is 18.4. The molecule has 1 aromatic heterocycles. The molecule has 0 unspecified atom stereocenters.